The first-order chi connectivity index (χ1) is 15.2. The second kappa shape index (κ2) is 12.7. The first-order valence-electron chi connectivity index (χ1n) is 11.8. The van der Waals surface area contributed by atoms with E-state index in [1.807, 2.05) is 13.8 Å². The van der Waals surface area contributed by atoms with Gasteiger partial charge in [-0.25, -0.2) is 4.79 Å². The average molecular weight is 454 g/mol. The summed E-state index contributed by atoms with van der Waals surface area (Å²) >= 11 is 0. The van der Waals surface area contributed by atoms with Crippen molar-refractivity contribution in [1.29, 1.82) is 0 Å². The van der Waals surface area contributed by atoms with E-state index in [-0.39, 0.29) is 23.8 Å². The van der Waals surface area contributed by atoms with Crippen LogP contribution in [0.1, 0.15) is 65.2 Å². The van der Waals surface area contributed by atoms with E-state index in [0.717, 1.165) is 25.8 Å². The zero-order valence-corrected chi connectivity index (χ0v) is 19.3. The fourth-order valence-electron chi connectivity index (χ4n) is 4.39. The lowest BCUT2D eigenvalue weighted by Gasteiger charge is -2.30. The molecule has 2 aliphatic rings. The number of rotatable bonds is 12. The van der Waals surface area contributed by atoms with Crippen LogP contribution in [0.4, 0.5) is 0 Å². The molecule has 0 aliphatic carbocycles. The van der Waals surface area contributed by atoms with Crippen molar-refractivity contribution >= 4 is 23.7 Å². The fourth-order valence-corrected chi connectivity index (χ4v) is 4.39. The average Bonchev–Trinajstić information content (AvgIpc) is 3.43. The standard InChI is InChI=1S/C22H39N5O5/c1-14(2)13-17(22(31)32)26-20(29)18-9-6-12-27(18)21(30)16(7-3-4-10-23)25-19(28)15-8-5-11-24-15/h14-18,24H,3-13,23H2,1-2H3,(H,25,28)(H,26,29)(H,31,32). The minimum Gasteiger partial charge on any atom is -0.480 e. The number of carbonyl (C=O) groups excluding carboxylic acids is 3. The number of hydrogen-bond donors (Lipinski definition) is 5. The van der Waals surface area contributed by atoms with Gasteiger partial charge < -0.3 is 31.7 Å². The molecule has 3 amide bonds. The van der Waals surface area contributed by atoms with Gasteiger partial charge in [0.25, 0.3) is 0 Å². The predicted octanol–water partition coefficient (Wildman–Crippen LogP) is -0.0413. The lowest BCUT2D eigenvalue weighted by molar-refractivity contribution is -0.145. The molecule has 0 aromatic carbocycles. The van der Waals surface area contributed by atoms with E-state index in [2.05, 4.69) is 16.0 Å². The third-order valence-corrected chi connectivity index (χ3v) is 6.10. The summed E-state index contributed by atoms with van der Waals surface area (Å²) in [6.45, 7) is 5.46. The zero-order valence-electron chi connectivity index (χ0n) is 19.3. The molecule has 4 unspecified atom stereocenters. The van der Waals surface area contributed by atoms with Gasteiger partial charge >= 0.3 is 5.97 Å². The van der Waals surface area contributed by atoms with Crippen LogP contribution in [-0.4, -0.2) is 77.5 Å². The summed E-state index contributed by atoms with van der Waals surface area (Å²) in [7, 11) is 0. The smallest absolute Gasteiger partial charge is 0.326 e. The van der Waals surface area contributed by atoms with Gasteiger partial charge in [0.05, 0.1) is 6.04 Å². The Morgan fingerprint density at radius 3 is 2.38 bits per heavy atom. The van der Waals surface area contributed by atoms with Crippen molar-refractivity contribution in [3.05, 3.63) is 0 Å². The molecule has 0 bridgehead atoms. The summed E-state index contributed by atoms with van der Waals surface area (Å²) < 4.78 is 0. The molecular weight excluding hydrogens is 414 g/mol. The van der Waals surface area contributed by atoms with Gasteiger partial charge in [0.15, 0.2) is 0 Å². The summed E-state index contributed by atoms with van der Waals surface area (Å²) in [5.74, 6) is -1.92. The zero-order chi connectivity index (χ0) is 23.7. The maximum absolute atomic E-state index is 13.4. The molecule has 2 rings (SSSR count). The van der Waals surface area contributed by atoms with Crippen LogP contribution in [-0.2, 0) is 19.2 Å². The SMILES string of the molecule is CC(C)CC(NC(=O)C1CCCN1C(=O)C(CCCCN)NC(=O)C1CCCN1)C(=O)O. The topological polar surface area (TPSA) is 154 Å². The first-order valence-corrected chi connectivity index (χ1v) is 11.8. The molecule has 0 aromatic rings. The van der Waals surface area contributed by atoms with Crippen LogP contribution in [0.3, 0.4) is 0 Å². The molecule has 2 fully saturated rings. The summed E-state index contributed by atoms with van der Waals surface area (Å²) in [5, 5.41) is 18.1. The molecule has 10 nitrogen and oxygen atoms in total. The number of carboxylic acid groups (broad SMARTS) is 1. The molecule has 4 atom stereocenters. The maximum atomic E-state index is 13.4. The van der Waals surface area contributed by atoms with Crippen molar-refractivity contribution in [2.75, 3.05) is 19.6 Å². The third-order valence-electron chi connectivity index (χ3n) is 6.10. The van der Waals surface area contributed by atoms with Gasteiger partial charge in [0, 0.05) is 6.54 Å². The number of hydrogen-bond acceptors (Lipinski definition) is 6. The van der Waals surface area contributed by atoms with Crippen LogP contribution in [0, 0.1) is 5.92 Å². The number of aliphatic carboxylic acids is 1. The van der Waals surface area contributed by atoms with E-state index in [1.54, 1.807) is 0 Å². The Kier molecular flexibility index (Phi) is 10.4. The van der Waals surface area contributed by atoms with Crippen molar-refractivity contribution in [2.24, 2.45) is 11.7 Å². The monoisotopic (exact) mass is 453 g/mol. The molecule has 0 radical (unpaired) electrons. The van der Waals surface area contributed by atoms with Crippen LogP contribution >= 0.6 is 0 Å². The summed E-state index contributed by atoms with van der Waals surface area (Å²) in [6, 6.07) is -2.75. The van der Waals surface area contributed by atoms with Gasteiger partial charge in [0.1, 0.15) is 18.1 Å². The van der Waals surface area contributed by atoms with Crippen molar-refractivity contribution in [2.45, 2.75) is 89.4 Å². The fraction of sp³-hybridized carbons (Fsp3) is 0.818. The summed E-state index contributed by atoms with van der Waals surface area (Å²) in [4.78, 5) is 51.9. The lowest BCUT2D eigenvalue weighted by atomic mass is 10.0. The predicted molar refractivity (Wildman–Crippen MR) is 120 cm³/mol. The normalized spacial score (nSPS) is 22.6. The number of carbonyl (C=O) groups is 4. The van der Waals surface area contributed by atoms with Crippen LogP contribution < -0.4 is 21.7 Å². The van der Waals surface area contributed by atoms with E-state index in [1.165, 1.54) is 4.90 Å². The molecule has 2 aliphatic heterocycles. The maximum Gasteiger partial charge on any atom is 0.326 e. The number of unbranched alkanes of at least 4 members (excludes halogenated alkanes) is 1. The Morgan fingerprint density at radius 2 is 1.78 bits per heavy atom. The van der Waals surface area contributed by atoms with Gasteiger partial charge in [-0.1, -0.05) is 13.8 Å². The Bertz CT molecular complexity index is 665. The van der Waals surface area contributed by atoms with E-state index in [4.69, 9.17) is 5.73 Å². The van der Waals surface area contributed by atoms with Crippen LogP contribution in [0.25, 0.3) is 0 Å². The molecular formula is C22H39N5O5. The molecule has 0 aromatic heterocycles. The second-order valence-corrected chi connectivity index (χ2v) is 9.21. The Hall–Kier alpha value is -2.20. The second-order valence-electron chi connectivity index (χ2n) is 9.21. The first kappa shape index (κ1) is 26.1. The Morgan fingerprint density at radius 1 is 1.06 bits per heavy atom. The number of carboxylic acids is 1. The largest absolute Gasteiger partial charge is 0.480 e. The molecule has 10 heteroatoms. The van der Waals surface area contributed by atoms with E-state index in [0.29, 0.717) is 45.2 Å². The van der Waals surface area contributed by atoms with Crippen LogP contribution in [0.15, 0.2) is 0 Å². The van der Waals surface area contributed by atoms with Gasteiger partial charge in [-0.05, 0) is 70.4 Å². The number of nitrogens with zero attached hydrogens (tertiary/aromatic N) is 1. The Labute approximate surface area is 190 Å². The van der Waals surface area contributed by atoms with E-state index in [9.17, 15) is 24.3 Å². The van der Waals surface area contributed by atoms with Gasteiger partial charge in [-0.2, -0.15) is 0 Å². The van der Waals surface area contributed by atoms with Gasteiger partial charge in [-0.15, -0.1) is 0 Å². The molecule has 6 N–H and O–H groups in total. The van der Waals surface area contributed by atoms with Crippen LogP contribution in [0.5, 0.6) is 0 Å². The highest BCUT2D eigenvalue weighted by Gasteiger charge is 2.39. The number of amides is 3. The van der Waals surface area contributed by atoms with Crippen molar-refractivity contribution < 1.29 is 24.3 Å². The van der Waals surface area contributed by atoms with Crippen molar-refractivity contribution in [3.8, 4) is 0 Å². The molecule has 32 heavy (non-hydrogen) atoms. The molecule has 0 spiro atoms. The minimum absolute atomic E-state index is 0.101. The van der Waals surface area contributed by atoms with Crippen LogP contribution in [0.2, 0.25) is 0 Å². The quantitative estimate of drug-likeness (QED) is 0.260. The number of likely N-dealkylation sites (tertiary alicyclic amines) is 1. The Balaban J connectivity index is 2.07. The molecule has 2 heterocycles. The van der Waals surface area contributed by atoms with Crippen molar-refractivity contribution in [1.82, 2.24) is 20.9 Å². The number of nitrogens with two attached hydrogens (primary N) is 1. The third kappa shape index (κ3) is 7.44. The molecule has 182 valence electrons. The lowest BCUT2D eigenvalue weighted by Crippen LogP contribution is -2.56. The number of nitrogens with one attached hydrogen (secondary N) is 3. The highest BCUT2D eigenvalue weighted by Crippen LogP contribution is 2.21. The summed E-state index contributed by atoms with van der Waals surface area (Å²) in [6.07, 6.45) is 4.96. The summed E-state index contributed by atoms with van der Waals surface area (Å²) in [5.41, 5.74) is 5.59. The highest BCUT2D eigenvalue weighted by atomic mass is 16.4. The van der Waals surface area contributed by atoms with E-state index < -0.39 is 30.0 Å². The van der Waals surface area contributed by atoms with Gasteiger partial charge in [-0.3, -0.25) is 14.4 Å². The molecule has 2 saturated heterocycles. The van der Waals surface area contributed by atoms with Crippen molar-refractivity contribution in [3.63, 3.8) is 0 Å². The van der Waals surface area contributed by atoms with E-state index >= 15 is 0 Å². The molecule has 0 saturated carbocycles. The highest BCUT2D eigenvalue weighted by molar-refractivity contribution is 5.94. The minimum atomic E-state index is -1.08. The van der Waals surface area contributed by atoms with Gasteiger partial charge in [0.2, 0.25) is 17.7 Å².